The summed E-state index contributed by atoms with van der Waals surface area (Å²) in [6, 6.07) is 15.6. The number of aliphatic hydroxyl groups excluding tert-OH is 1. The first-order valence-corrected chi connectivity index (χ1v) is 13.3. The fourth-order valence-corrected chi connectivity index (χ4v) is 5.05. The van der Waals surface area contributed by atoms with Crippen LogP contribution in [0.1, 0.15) is 62.3 Å². The Morgan fingerprint density at radius 3 is 2.59 bits per heavy atom. The molecule has 1 aliphatic carbocycles. The number of esters is 1. The average molecular weight is 508 g/mol. The van der Waals surface area contributed by atoms with Gasteiger partial charge in [-0.05, 0) is 94.0 Å². The number of hydrogen-bond donors (Lipinski definition) is 3. The fourth-order valence-electron chi connectivity index (χ4n) is 5.05. The second-order valence-electron chi connectivity index (χ2n) is 10.7. The van der Waals surface area contributed by atoms with Gasteiger partial charge in [-0.3, -0.25) is 4.79 Å². The zero-order valence-electron chi connectivity index (χ0n) is 22.3. The Morgan fingerprint density at radius 1 is 1.24 bits per heavy atom. The summed E-state index contributed by atoms with van der Waals surface area (Å²) in [6.07, 6.45) is 4.44. The molecule has 0 amide bonds. The van der Waals surface area contributed by atoms with Crippen molar-refractivity contribution in [3.05, 3.63) is 64.7 Å². The molecule has 3 rings (SSSR count). The quantitative estimate of drug-likeness (QED) is 0.334. The van der Waals surface area contributed by atoms with Crippen LogP contribution in [0, 0.1) is 17.2 Å². The van der Waals surface area contributed by atoms with Gasteiger partial charge in [0.2, 0.25) is 0 Å². The molecule has 0 radical (unpaired) electrons. The van der Waals surface area contributed by atoms with Crippen LogP contribution < -0.4 is 15.8 Å². The highest BCUT2D eigenvalue weighted by atomic mass is 16.5. The van der Waals surface area contributed by atoms with E-state index in [1.54, 1.807) is 13.0 Å². The number of nitrogens with two attached hydrogens (primary N) is 1. The summed E-state index contributed by atoms with van der Waals surface area (Å²) >= 11 is 0. The van der Waals surface area contributed by atoms with Gasteiger partial charge in [-0.1, -0.05) is 30.3 Å². The van der Waals surface area contributed by atoms with Gasteiger partial charge in [0, 0.05) is 12.1 Å². The molecule has 0 saturated heterocycles. The van der Waals surface area contributed by atoms with Gasteiger partial charge in [0.25, 0.3) is 0 Å². The van der Waals surface area contributed by atoms with Crippen LogP contribution >= 0.6 is 0 Å². The minimum absolute atomic E-state index is 0.0871. The van der Waals surface area contributed by atoms with Crippen molar-refractivity contribution in [2.45, 2.75) is 77.0 Å². The van der Waals surface area contributed by atoms with Crippen LogP contribution in [-0.2, 0) is 28.8 Å². The van der Waals surface area contributed by atoms with E-state index in [4.69, 9.17) is 15.2 Å². The number of benzene rings is 2. The number of carbonyl (C=O) groups is 1. The largest absolute Gasteiger partial charge is 0.489 e. The topological polar surface area (TPSA) is 118 Å². The average Bonchev–Trinajstić information content (AvgIpc) is 3.28. The molecule has 7 nitrogen and oxygen atoms in total. The molecule has 200 valence electrons. The lowest BCUT2D eigenvalue weighted by molar-refractivity contribution is -0.144. The van der Waals surface area contributed by atoms with E-state index in [0.717, 1.165) is 24.8 Å². The molecule has 1 aliphatic rings. The number of ether oxygens (including phenoxy) is 2. The van der Waals surface area contributed by atoms with E-state index in [0.29, 0.717) is 49.6 Å². The summed E-state index contributed by atoms with van der Waals surface area (Å²) < 4.78 is 10.8. The molecular weight excluding hydrogens is 466 g/mol. The third-order valence-electron chi connectivity index (χ3n) is 6.92. The fraction of sp³-hybridized carbons (Fsp3) is 0.533. The van der Waals surface area contributed by atoms with Gasteiger partial charge in [-0.15, -0.1) is 0 Å². The molecule has 4 N–H and O–H groups in total. The zero-order chi connectivity index (χ0) is 26.8. The van der Waals surface area contributed by atoms with Crippen molar-refractivity contribution in [2.24, 2.45) is 11.7 Å². The van der Waals surface area contributed by atoms with E-state index in [9.17, 15) is 15.2 Å². The number of nitriles is 1. The molecule has 0 heterocycles. The van der Waals surface area contributed by atoms with Crippen LogP contribution in [0.3, 0.4) is 0 Å². The minimum atomic E-state index is -0.710. The Hall–Kier alpha value is -2.92. The smallest absolute Gasteiger partial charge is 0.322 e. The molecule has 7 heteroatoms. The minimum Gasteiger partial charge on any atom is -0.489 e. The Labute approximate surface area is 221 Å². The molecular formula is C30H41N3O4. The van der Waals surface area contributed by atoms with E-state index in [1.165, 1.54) is 11.1 Å². The number of nitrogens with one attached hydrogen (secondary N) is 1. The van der Waals surface area contributed by atoms with Crippen LogP contribution in [0.2, 0.25) is 0 Å². The second kappa shape index (κ2) is 13.6. The van der Waals surface area contributed by atoms with Crippen molar-refractivity contribution in [3.8, 4) is 11.8 Å². The number of carbonyl (C=O) groups excluding carboxylic acids is 1. The van der Waals surface area contributed by atoms with Crippen molar-refractivity contribution in [3.63, 3.8) is 0 Å². The van der Waals surface area contributed by atoms with E-state index in [2.05, 4.69) is 49.5 Å². The highest BCUT2D eigenvalue weighted by Crippen LogP contribution is 2.32. The lowest BCUT2D eigenvalue weighted by Gasteiger charge is -2.30. The first-order valence-electron chi connectivity index (χ1n) is 13.3. The lowest BCUT2D eigenvalue weighted by atomic mass is 9.88. The normalized spacial score (nSPS) is 15.0. The van der Waals surface area contributed by atoms with E-state index in [1.807, 2.05) is 12.1 Å². The highest BCUT2D eigenvalue weighted by molar-refractivity contribution is 5.75. The Morgan fingerprint density at radius 2 is 1.95 bits per heavy atom. The van der Waals surface area contributed by atoms with Crippen molar-refractivity contribution in [1.82, 2.24) is 5.32 Å². The number of fused-ring (bicyclic) bond motifs is 1. The maximum absolute atomic E-state index is 11.7. The number of hydrogen-bond acceptors (Lipinski definition) is 7. The lowest BCUT2D eigenvalue weighted by Crippen LogP contribution is -2.46. The van der Waals surface area contributed by atoms with E-state index < -0.39 is 12.1 Å². The summed E-state index contributed by atoms with van der Waals surface area (Å²) in [4.78, 5) is 11.7. The van der Waals surface area contributed by atoms with Gasteiger partial charge in [0.15, 0.2) is 0 Å². The van der Waals surface area contributed by atoms with Gasteiger partial charge in [0.05, 0.1) is 12.2 Å². The molecule has 37 heavy (non-hydrogen) atoms. The maximum atomic E-state index is 11.7. The van der Waals surface area contributed by atoms with Gasteiger partial charge in [0.1, 0.15) is 30.6 Å². The molecule has 2 unspecified atom stereocenters. The third-order valence-corrected chi connectivity index (χ3v) is 6.92. The molecule has 2 aromatic carbocycles. The van der Waals surface area contributed by atoms with Gasteiger partial charge >= 0.3 is 5.97 Å². The first-order chi connectivity index (χ1) is 17.7. The van der Waals surface area contributed by atoms with Crippen LogP contribution in [0.4, 0.5) is 0 Å². The van der Waals surface area contributed by atoms with E-state index >= 15 is 0 Å². The number of aliphatic hydroxyl groups is 1. The first kappa shape index (κ1) is 28.6. The van der Waals surface area contributed by atoms with Gasteiger partial charge < -0.3 is 25.6 Å². The summed E-state index contributed by atoms with van der Waals surface area (Å²) in [5, 5.41) is 23.6. The van der Waals surface area contributed by atoms with Gasteiger partial charge in [-0.25, -0.2) is 0 Å². The SMILES string of the molecule is CCOC(=O)C(N)CCCc1ccc(C#N)c(OCC(O)CNC(C)(C)CC2Cc3ccccc3C2)c1. The van der Waals surface area contributed by atoms with Crippen LogP contribution in [0.15, 0.2) is 42.5 Å². The summed E-state index contributed by atoms with van der Waals surface area (Å²) in [7, 11) is 0. The monoisotopic (exact) mass is 507 g/mol. The summed E-state index contributed by atoms with van der Waals surface area (Å²) in [6.45, 7) is 6.91. The van der Waals surface area contributed by atoms with Crippen molar-refractivity contribution < 1.29 is 19.4 Å². The Kier molecular flexibility index (Phi) is 10.5. The predicted octanol–water partition coefficient (Wildman–Crippen LogP) is 3.68. The molecule has 0 aliphatic heterocycles. The van der Waals surface area contributed by atoms with Gasteiger partial charge in [-0.2, -0.15) is 5.26 Å². The summed E-state index contributed by atoms with van der Waals surface area (Å²) in [5.74, 6) is 0.670. The molecule has 2 atom stereocenters. The molecule has 0 fully saturated rings. The highest BCUT2D eigenvalue weighted by Gasteiger charge is 2.28. The molecule has 2 aromatic rings. The van der Waals surface area contributed by atoms with E-state index in [-0.39, 0.29) is 18.1 Å². The number of rotatable bonds is 14. The predicted molar refractivity (Wildman–Crippen MR) is 144 cm³/mol. The summed E-state index contributed by atoms with van der Waals surface area (Å²) in [5.41, 5.74) is 10.1. The Bertz CT molecular complexity index is 1050. The molecule has 0 aromatic heterocycles. The van der Waals surface area contributed by atoms with Crippen LogP contribution in [0.25, 0.3) is 0 Å². The van der Waals surface area contributed by atoms with Crippen molar-refractivity contribution in [2.75, 3.05) is 19.8 Å². The zero-order valence-corrected chi connectivity index (χ0v) is 22.3. The Balaban J connectivity index is 1.44. The molecule has 0 bridgehead atoms. The third kappa shape index (κ3) is 8.85. The standard InChI is InChI=1S/C30H41N3O4/c1-4-36-29(35)27(32)11-7-8-21-12-13-25(18-31)28(16-21)37-20-26(34)19-33-30(2,3)17-22-14-23-9-5-6-10-24(23)15-22/h5-6,9-10,12-13,16,22,26-27,33-34H,4,7-8,11,14-15,17,19-20,32H2,1-3H3. The maximum Gasteiger partial charge on any atom is 0.322 e. The second-order valence-corrected chi connectivity index (χ2v) is 10.7. The molecule has 0 spiro atoms. The van der Waals surface area contributed by atoms with Crippen molar-refractivity contribution in [1.29, 1.82) is 5.26 Å². The van der Waals surface area contributed by atoms with Crippen molar-refractivity contribution >= 4 is 5.97 Å². The molecule has 0 saturated carbocycles. The van der Waals surface area contributed by atoms with Crippen LogP contribution in [-0.4, -0.2) is 48.5 Å². The number of β-amino-alcohol motifs (C(OH)–C–C–N with tert-alkyl or cyclic N) is 1. The number of aryl methyl sites for hydroxylation is 1. The van der Waals surface area contributed by atoms with Crippen LogP contribution in [0.5, 0.6) is 5.75 Å². The number of nitrogens with zero attached hydrogens (tertiary/aromatic N) is 1.